The molecule has 5 aromatic rings. The first-order chi connectivity index (χ1) is 18.5. The molecule has 0 fully saturated rings. The van der Waals surface area contributed by atoms with Gasteiger partial charge in [-0.05, 0) is 66.3 Å². The predicted molar refractivity (Wildman–Crippen MR) is 129 cm³/mol. The molecule has 0 aliphatic carbocycles. The van der Waals surface area contributed by atoms with Gasteiger partial charge in [-0.3, -0.25) is 0 Å². The average Bonchev–Trinajstić information content (AvgIpc) is 3.33. The normalized spacial score (nSPS) is 12.9. The van der Waals surface area contributed by atoms with E-state index < -0.39 is 35.1 Å². The molecule has 1 heterocycles. The van der Waals surface area contributed by atoms with E-state index in [9.17, 15) is 31.4 Å². The summed E-state index contributed by atoms with van der Waals surface area (Å²) < 4.78 is 84.5. The Morgan fingerprint density at radius 1 is 0.667 bits per heavy atom. The fraction of sp³-hybridized carbons (Fsp3) is 0.103. The van der Waals surface area contributed by atoms with E-state index in [4.69, 9.17) is 0 Å². The Balaban J connectivity index is 1.84. The summed E-state index contributed by atoms with van der Waals surface area (Å²) >= 11 is 0. The molecule has 0 aliphatic rings. The SMILES string of the molecule is [O-]C(c1cc(C(F)(F)F)cc(C(F)(F)F)c1)c1n(-c2ccccc2)nc(-c2ccccc2)[n+]1-c1ccccc1. The van der Waals surface area contributed by atoms with Crippen LogP contribution in [0.2, 0.25) is 0 Å². The summed E-state index contributed by atoms with van der Waals surface area (Å²) in [6.45, 7) is 0. The van der Waals surface area contributed by atoms with E-state index in [1.807, 2.05) is 0 Å². The van der Waals surface area contributed by atoms with Crippen molar-refractivity contribution in [3.8, 4) is 22.8 Å². The third-order valence-electron chi connectivity index (χ3n) is 6.05. The first kappa shape index (κ1) is 26.2. The van der Waals surface area contributed by atoms with Crippen LogP contribution in [0.15, 0.2) is 109 Å². The van der Waals surface area contributed by atoms with E-state index >= 15 is 0 Å². The first-order valence-electron chi connectivity index (χ1n) is 11.7. The van der Waals surface area contributed by atoms with E-state index in [0.29, 0.717) is 29.1 Å². The molecule has 5 rings (SSSR count). The van der Waals surface area contributed by atoms with Gasteiger partial charge in [-0.2, -0.15) is 30.9 Å². The number of para-hydroxylation sites is 2. The van der Waals surface area contributed by atoms with Crippen molar-refractivity contribution in [2.45, 2.75) is 18.5 Å². The third kappa shape index (κ3) is 5.28. The van der Waals surface area contributed by atoms with Gasteiger partial charge in [0.2, 0.25) is 5.82 Å². The van der Waals surface area contributed by atoms with Crippen LogP contribution in [0.3, 0.4) is 0 Å². The Morgan fingerprint density at radius 3 is 1.67 bits per heavy atom. The molecule has 1 atom stereocenters. The summed E-state index contributed by atoms with van der Waals surface area (Å²) in [5, 5.41) is 18.8. The summed E-state index contributed by atoms with van der Waals surface area (Å²) in [4.78, 5) is 0. The van der Waals surface area contributed by atoms with Crippen molar-refractivity contribution in [3.05, 3.63) is 132 Å². The highest BCUT2D eigenvalue weighted by molar-refractivity contribution is 5.53. The molecule has 4 aromatic carbocycles. The minimum Gasteiger partial charge on any atom is -0.841 e. The number of alkyl halides is 6. The standard InChI is InChI=1S/C29H19F6N3O/c30-28(31,32)21-16-20(17-22(18-21)29(33,34)35)25(39)27-37(23-12-6-2-7-13-23)26(19-10-4-1-5-11-19)36-38(27)24-14-8-3-9-15-24/h1-18,25H. The third-order valence-corrected chi connectivity index (χ3v) is 6.05. The highest BCUT2D eigenvalue weighted by atomic mass is 19.4. The van der Waals surface area contributed by atoms with Gasteiger partial charge in [0, 0.05) is 0 Å². The minimum absolute atomic E-state index is 0.00532. The zero-order chi connectivity index (χ0) is 27.8. The number of hydrogen-bond donors (Lipinski definition) is 0. The number of aromatic nitrogens is 3. The fourth-order valence-electron chi connectivity index (χ4n) is 4.27. The molecular weight excluding hydrogens is 520 g/mol. The monoisotopic (exact) mass is 539 g/mol. The Kier molecular flexibility index (Phi) is 6.73. The van der Waals surface area contributed by atoms with E-state index in [0.717, 1.165) is 0 Å². The topological polar surface area (TPSA) is 44.8 Å². The molecule has 1 unspecified atom stereocenters. The molecule has 0 aliphatic heterocycles. The van der Waals surface area contributed by atoms with Crippen LogP contribution >= 0.6 is 0 Å². The van der Waals surface area contributed by atoms with Crippen molar-refractivity contribution in [2.75, 3.05) is 0 Å². The van der Waals surface area contributed by atoms with Gasteiger partial charge in [0.15, 0.2) is 0 Å². The van der Waals surface area contributed by atoms with Gasteiger partial charge in [-0.15, -0.1) is 0 Å². The number of nitrogens with zero attached hydrogens (tertiary/aromatic N) is 3. The maximum atomic E-state index is 14.1. The lowest BCUT2D eigenvalue weighted by Crippen LogP contribution is -2.41. The molecule has 1 aromatic heterocycles. The lowest BCUT2D eigenvalue weighted by molar-refractivity contribution is -0.614. The molecule has 0 spiro atoms. The van der Waals surface area contributed by atoms with Gasteiger partial charge in [0.1, 0.15) is 11.4 Å². The Hall–Kier alpha value is -4.44. The second-order valence-corrected chi connectivity index (χ2v) is 8.69. The Morgan fingerprint density at radius 2 is 1.15 bits per heavy atom. The largest absolute Gasteiger partial charge is 0.841 e. The lowest BCUT2D eigenvalue weighted by Gasteiger charge is -2.24. The maximum absolute atomic E-state index is 14.1. The molecule has 39 heavy (non-hydrogen) atoms. The fourth-order valence-corrected chi connectivity index (χ4v) is 4.27. The van der Waals surface area contributed by atoms with Crippen molar-refractivity contribution in [1.29, 1.82) is 0 Å². The summed E-state index contributed by atoms with van der Waals surface area (Å²) in [5.74, 6) is 0.114. The van der Waals surface area contributed by atoms with Crippen LogP contribution in [0.4, 0.5) is 26.3 Å². The van der Waals surface area contributed by atoms with Crippen molar-refractivity contribution in [3.63, 3.8) is 0 Å². The van der Waals surface area contributed by atoms with Crippen LogP contribution in [-0.2, 0) is 12.4 Å². The smallest absolute Gasteiger partial charge is 0.416 e. The number of benzene rings is 4. The molecule has 198 valence electrons. The van der Waals surface area contributed by atoms with Gasteiger partial charge in [0.05, 0.1) is 21.8 Å². The van der Waals surface area contributed by atoms with Crippen LogP contribution in [0.1, 0.15) is 28.6 Å². The summed E-state index contributed by atoms with van der Waals surface area (Å²) in [6.07, 6.45) is -12.4. The van der Waals surface area contributed by atoms with E-state index in [2.05, 4.69) is 5.10 Å². The Labute approximate surface area is 219 Å². The van der Waals surface area contributed by atoms with Gasteiger partial charge < -0.3 is 5.11 Å². The molecule has 0 saturated carbocycles. The lowest BCUT2D eigenvalue weighted by atomic mass is 10.00. The van der Waals surface area contributed by atoms with Gasteiger partial charge in [0.25, 0.3) is 0 Å². The molecule has 4 nitrogen and oxygen atoms in total. The molecule has 0 N–H and O–H groups in total. The predicted octanol–water partition coefficient (Wildman–Crippen LogP) is 6.30. The summed E-state index contributed by atoms with van der Waals surface area (Å²) in [5.41, 5.74) is -2.37. The number of halogens is 6. The highest BCUT2D eigenvalue weighted by Gasteiger charge is 2.38. The van der Waals surface area contributed by atoms with Crippen molar-refractivity contribution >= 4 is 0 Å². The van der Waals surface area contributed by atoms with Crippen LogP contribution in [0.5, 0.6) is 0 Å². The molecule has 0 saturated heterocycles. The second-order valence-electron chi connectivity index (χ2n) is 8.69. The molecular formula is C29H19F6N3O. The quantitative estimate of drug-likeness (QED) is 0.194. The first-order valence-corrected chi connectivity index (χ1v) is 11.7. The van der Waals surface area contributed by atoms with Gasteiger partial charge in [-0.1, -0.05) is 59.3 Å². The van der Waals surface area contributed by atoms with Crippen LogP contribution in [0.25, 0.3) is 22.8 Å². The number of hydrogen-bond acceptors (Lipinski definition) is 2. The number of rotatable bonds is 5. The zero-order valence-corrected chi connectivity index (χ0v) is 20.0. The summed E-state index contributed by atoms with van der Waals surface area (Å²) in [6, 6.07) is 26.6. The van der Waals surface area contributed by atoms with Crippen LogP contribution in [0, 0.1) is 0 Å². The van der Waals surface area contributed by atoms with Crippen molar-refractivity contribution < 1.29 is 36.0 Å². The minimum atomic E-state index is -5.10. The molecule has 0 bridgehead atoms. The van der Waals surface area contributed by atoms with Gasteiger partial charge >= 0.3 is 18.2 Å². The molecule has 10 heteroatoms. The maximum Gasteiger partial charge on any atom is 0.416 e. The summed E-state index contributed by atoms with van der Waals surface area (Å²) in [7, 11) is 0. The van der Waals surface area contributed by atoms with Crippen molar-refractivity contribution in [2.24, 2.45) is 0 Å². The average molecular weight is 539 g/mol. The van der Waals surface area contributed by atoms with Crippen LogP contribution < -0.4 is 9.67 Å². The Bertz CT molecular complexity index is 1550. The van der Waals surface area contributed by atoms with E-state index in [1.165, 1.54) is 9.25 Å². The van der Waals surface area contributed by atoms with E-state index in [-0.39, 0.29) is 17.7 Å². The highest BCUT2D eigenvalue weighted by Crippen LogP contribution is 2.38. The molecule has 0 radical (unpaired) electrons. The zero-order valence-electron chi connectivity index (χ0n) is 20.0. The van der Waals surface area contributed by atoms with Gasteiger partial charge in [-0.25, -0.2) is 0 Å². The van der Waals surface area contributed by atoms with Crippen molar-refractivity contribution in [1.82, 2.24) is 9.78 Å². The second kappa shape index (κ2) is 10.0. The van der Waals surface area contributed by atoms with E-state index in [1.54, 1.807) is 91.0 Å². The molecule has 0 amide bonds. The van der Waals surface area contributed by atoms with Crippen LogP contribution in [-0.4, -0.2) is 9.78 Å².